The minimum absolute atomic E-state index is 0.00521. The van der Waals surface area contributed by atoms with Gasteiger partial charge in [-0.25, -0.2) is 4.68 Å². The van der Waals surface area contributed by atoms with Crippen molar-refractivity contribution in [3.05, 3.63) is 60.4 Å². The maximum Gasteiger partial charge on any atom is 0.245 e. The van der Waals surface area contributed by atoms with Crippen LogP contribution in [0.25, 0.3) is 11.1 Å². The summed E-state index contributed by atoms with van der Waals surface area (Å²) < 4.78 is 6.77. The van der Waals surface area contributed by atoms with E-state index in [2.05, 4.69) is 21.6 Å². The summed E-state index contributed by atoms with van der Waals surface area (Å²) in [5, 5.41) is 11.0. The highest BCUT2D eigenvalue weighted by Crippen LogP contribution is 2.25. The van der Waals surface area contributed by atoms with E-state index in [0.29, 0.717) is 32.6 Å². The molecule has 1 fully saturated rings. The van der Waals surface area contributed by atoms with E-state index in [-0.39, 0.29) is 18.2 Å². The summed E-state index contributed by atoms with van der Waals surface area (Å²) in [6.45, 7) is 4.06. The summed E-state index contributed by atoms with van der Waals surface area (Å²) in [7, 11) is 1.65. The van der Waals surface area contributed by atoms with Crippen molar-refractivity contribution in [2.75, 3.05) is 26.7 Å². The molecule has 0 N–H and O–H groups in total. The molecule has 1 aliphatic rings. The third-order valence-electron chi connectivity index (χ3n) is 6.01. The summed E-state index contributed by atoms with van der Waals surface area (Å²) in [5.41, 5.74) is 3.14. The van der Waals surface area contributed by atoms with Gasteiger partial charge in [0.1, 0.15) is 18.1 Å². The van der Waals surface area contributed by atoms with Crippen LogP contribution in [0.5, 0.6) is 5.75 Å². The van der Waals surface area contributed by atoms with Crippen molar-refractivity contribution in [2.24, 2.45) is 0 Å². The molecule has 0 spiro atoms. The van der Waals surface area contributed by atoms with Crippen LogP contribution in [0.2, 0.25) is 0 Å². The Morgan fingerprint density at radius 1 is 1.12 bits per heavy atom. The van der Waals surface area contributed by atoms with Crippen LogP contribution >= 0.6 is 0 Å². The van der Waals surface area contributed by atoms with Gasteiger partial charge in [-0.05, 0) is 46.2 Å². The lowest BCUT2D eigenvalue weighted by Gasteiger charge is -2.40. The number of carbonyl (C=O) groups is 2. The number of methoxy groups -OCH3 is 1. The Bertz CT molecular complexity index is 1080. The van der Waals surface area contributed by atoms with Gasteiger partial charge in [0.05, 0.1) is 13.7 Å². The van der Waals surface area contributed by atoms with Crippen molar-refractivity contribution < 1.29 is 14.3 Å². The van der Waals surface area contributed by atoms with Gasteiger partial charge in [0, 0.05) is 32.5 Å². The van der Waals surface area contributed by atoms with E-state index < -0.39 is 6.04 Å². The normalized spacial score (nSPS) is 16.2. The molecule has 1 atom stereocenters. The molecule has 2 amide bonds. The fraction of sp³-hybridized carbons (Fsp3) is 0.375. The van der Waals surface area contributed by atoms with Crippen LogP contribution in [0.1, 0.15) is 18.9 Å². The summed E-state index contributed by atoms with van der Waals surface area (Å²) in [6.07, 6.45) is 2.19. The molecule has 172 valence electrons. The molecule has 9 heteroatoms. The molecule has 33 heavy (non-hydrogen) atoms. The number of nitrogens with zero attached hydrogens (tertiary/aromatic N) is 6. The first-order valence-corrected chi connectivity index (χ1v) is 11.1. The second kappa shape index (κ2) is 10.2. The van der Waals surface area contributed by atoms with Crippen molar-refractivity contribution in [2.45, 2.75) is 32.4 Å². The van der Waals surface area contributed by atoms with Crippen LogP contribution in [-0.4, -0.2) is 74.6 Å². The fourth-order valence-electron chi connectivity index (χ4n) is 4.17. The number of ether oxygens (including phenoxy) is 1. The quantitative estimate of drug-likeness (QED) is 0.524. The Kier molecular flexibility index (Phi) is 6.97. The fourth-order valence-corrected chi connectivity index (χ4v) is 4.17. The van der Waals surface area contributed by atoms with E-state index in [0.717, 1.165) is 22.4 Å². The zero-order chi connectivity index (χ0) is 23.2. The molecule has 0 bridgehead atoms. The first-order valence-electron chi connectivity index (χ1n) is 11.1. The van der Waals surface area contributed by atoms with E-state index >= 15 is 0 Å². The van der Waals surface area contributed by atoms with Gasteiger partial charge in [-0.15, -0.1) is 5.10 Å². The van der Waals surface area contributed by atoms with Gasteiger partial charge in [0.2, 0.25) is 11.8 Å². The molecule has 3 aromatic rings. The molecule has 0 radical (unpaired) electrons. The first-order chi connectivity index (χ1) is 16.1. The molecular weight excluding hydrogens is 420 g/mol. The van der Waals surface area contributed by atoms with Crippen molar-refractivity contribution in [3.8, 4) is 16.9 Å². The lowest BCUT2D eigenvalue weighted by molar-refractivity contribution is -0.151. The van der Waals surface area contributed by atoms with Crippen LogP contribution in [0.4, 0.5) is 0 Å². The van der Waals surface area contributed by atoms with Crippen molar-refractivity contribution >= 4 is 11.8 Å². The van der Waals surface area contributed by atoms with Gasteiger partial charge in [0.15, 0.2) is 0 Å². The highest BCUT2D eigenvalue weighted by molar-refractivity contribution is 5.89. The van der Waals surface area contributed by atoms with Crippen molar-refractivity contribution in [3.63, 3.8) is 0 Å². The number of aryl methyl sites for hydroxylation is 1. The molecule has 0 saturated carbocycles. The number of aromatic nitrogens is 4. The summed E-state index contributed by atoms with van der Waals surface area (Å²) in [4.78, 5) is 29.8. The Hall–Kier alpha value is -3.75. The number of rotatable bonds is 8. The van der Waals surface area contributed by atoms with E-state index in [1.165, 1.54) is 11.0 Å². The molecule has 1 saturated heterocycles. The van der Waals surface area contributed by atoms with Gasteiger partial charge in [-0.2, -0.15) is 0 Å². The van der Waals surface area contributed by atoms with Crippen LogP contribution in [0.15, 0.2) is 54.9 Å². The molecule has 1 aliphatic heterocycles. The average Bonchev–Trinajstić information content (AvgIpc) is 3.38. The SMILES string of the molecule is CCN1CCN(C(=O)CCn2cnnn2)C(Cc2cccc(-c3ccc(OC)cc3)c2)C1=O. The Morgan fingerprint density at radius 3 is 2.64 bits per heavy atom. The number of hydrogen-bond acceptors (Lipinski definition) is 6. The maximum atomic E-state index is 13.2. The topological polar surface area (TPSA) is 93.5 Å². The van der Waals surface area contributed by atoms with Gasteiger partial charge in [-0.1, -0.05) is 36.4 Å². The highest BCUT2D eigenvalue weighted by atomic mass is 16.5. The van der Waals surface area contributed by atoms with E-state index in [9.17, 15) is 9.59 Å². The average molecular weight is 449 g/mol. The van der Waals surface area contributed by atoms with E-state index in [4.69, 9.17) is 4.74 Å². The molecule has 4 rings (SSSR count). The number of tetrazole rings is 1. The zero-order valence-corrected chi connectivity index (χ0v) is 18.9. The molecule has 2 aromatic carbocycles. The van der Waals surface area contributed by atoms with Crippen LogP contribution < -0.4 is 4.74 Å². The van der Waals surface area contributed by atoms with Crippen molar-refractivity contribution in [1.29, 1.82) is 0 Å². The molecule has 1 aromatic heterocycles. The summed E-state index contributed by atoms with van der Waals surface area (Å²) in [6, 6.07) is 15.5. The second-order valence-electron chi connectivity index (χ2n) is 7.98. The van der Waals surface area contributed by atoms with E-state index in [1.54, 1.807) is 12.0 Å². The minimum atomic E-state index is -0.522. The number of hydrogen-bond donors (Lipinski definition) is 0. The van der Waals surface area contributed by atoms with E-state index in [1.807, 2.05) is 54.3 Å². The monoisotopic (exact) mass is 448 g/mol. The molecular formula is C24H28N6O3. The van der Waals surface area contributed by atoms with Gasteiger partial charge < -0.3 is 14.5 Å². The zero-order valence-electron chi connectivity index (χ0n) is 18.9. The smallest absolute Gasteiger partial charge is 0.245 e. The summed E-state index contributed by atoms with van der Waals surface area (Å²) >= 11 is 0. The lowest BCUT2D eigenvalue weighted by Crippen LogP contribution is -2.59. The third kappa shape index (κ3) is 5.19. The Balaban J connectivity index is 1.53. The van der Waals surface area contributed by atoms with Gasteiger partial charge in [0.25, 0.3) is 0 Å². The van der Waals surface area contributed by atoms with Crippen LogP contribution in [-0.2, 0) is 22.6 Å². The van der Waals surface area contributed by atoms with Crippen molar-refractivity contribution in [1.82, 2.24) is 30.0 Å². The Labute approximate surface area is 192 Å². The molecule has 1 unspecified atom stereocenters. The number of carbonyl (C=O) groups excluding carboxylic acids is 2. The number of benzene rings is 2. The lowest BCUT2D eigenvalue weighted by atomic mass is 9.97. The number of piperazine rings is 1. The van der Waals surface area contributed by atoms with Crippen LogP contribution in [0.3, 0.4) is 0 Å². The first kappa shape index (κ1) is 22.4. The minimum Gasteiger partial charge on any atom is -0.497 e. The summed E-state index contributed by atoms with van der Waals surface area (Å²) in [5.74, 6) is 0.735. The predicted molar refractivity (Wildman–Crippen MR) is 122 cm³/mol. The molecule has 0 aliphatic carbocycles. The third-order valence-corrected chi connectivity index (χ3v) is 6.01. The number of likely N-dealkylation sites (N-methyl/N-ethyl adjacent to an activating group) is 1. The maximum absolute atomic E-state index is 13.2. The number of amides is 2. The predicted octanol–water partition coefficient (Wildman–Crippen LogP) is 2.04. The van der Waals surface area contributed by atoms with Crippen LogP contribution in [0, 0.1) is 0 Å². The second-order valence-corrected chi connectivity index (χ2v) is 7.98. The highest BCUT2D eigenvalue weighted by Gasteiger charge is 2.36. The Morgan fingerprint density at radius 2 is 1.94 bits per heavy atom. The van der Waals surface area contributed by atoms with Gasteiger partial charge >= 0.3 is 0 Å². The molecule has 9 nitrogen and oxygen atoms in total. The largest absolute Gasteiger partial charge is 0.497 e. The van der Waals surface area contributed by atoms with Gasteiger partial charge in [-0.3, -0.25) is 9.59 Å². The molecule has 2 heterocycles. The standard InChI is InChI=1S/C24H28N6O3/c1-3-28-13-14-30(23(31)11-12-29-17-25-26-27-29)22(24(28)32)16-18-5-4-6-20(15-18)19-7-9-21(33-2)10-8-19/h4-10,15,17,22H,3,11-14,16H2,1-2H3.